The summed E-state index contributed by atoms with van der Waals surface area (Å²) < 4.78 is 0. The monoisotopic (exact) mass is 352 g/mol. The molecule has 1 aliphatic carbocycles. The van der Waals surface area contributed by atoms with Crippen molar-refractivity contribution in [3.05, 3.63) is 29.3 Å². The van der Waals surface area contributed by atoms with Crippen molar-refractivity contribution in [1.29, 1.82) is 0 Å². The first-order valence-electron chi connectivity index (χ1n) is 10.0. The van der Waals surface area contributed by atoms with Gasteiger partial charge in [0.25, 0.3) is 0 Å². The van der Waals surface area contributed by atoms with Gasteiger partial charge in [-0.3, -0.25) is 4.79 Å². The van der Waals surface area contributed by atoms with Gasteiger partial charge in [0.1, 0.15) is 0 Å². The largest absolute Gasteiger partial charge is 0.394 e. The van der Waals surface area contributed by atoms with Crippen LogP contribution in [0.15, 0.2) is 18.2 Å². The number of fused-ring (bicyclic) bond motifs is 3. The van der Waals surface area contributed by atoms with E-state index in [1.807, 2.05) is 6.07 Å². The van der Waals surface area contributed by atoms with Gasteiger partial charge in [-0.2, -0.15) is 0 Å². The number of carbonyl (C=O) groups is 1. The van der Waals surface area contributed by atoms with Gasteiger partial charge < -0.3 is 15.3 Å². The van der Waals surface area contributed by atoms with E-state index < -0.39 is 0 Å². The molecule has 1 amide bonds. The molecular formula is C22H28N2O2. The number of carbonyl (C=O) groups excluding carboxylic acids is 1. The summed E-state index contributed by atoms with van der Waals surface area (Å²) in [6.07, 6.45) is 6.15. The molecular weight excluding hydrogens is 324 g/mol. The molecule has 0 unspecified atom stereocenters. The number of amides is 1. The minimum Gasteiger partial charge on any atom is -0.394 e. The zero-order valence-electron chi connectivity index (χ0n) is 15.5. The van der Waals surface area contributed by atoms with Gasteiger partial charge in [0.2, 0.25) is 5.91 Å². The fourth-order valence-electron chi connectivity index (χ4n) is 4.57. The van der Waals surface area contributed by atoms with Crippen LogP contribution >= 0.6 is 0 Å². The molecule has 4 nitrogen and oxygen atoms in total. The van der Waals surface area contributed by atoms with E-state index >= 15 is 0 Å². The number of nitrogens with one attached hydrogen (secondary N) is 1. The van der Waals surface area contributed by atoms with E-state index in [0.29, 0.717) is 5.91 Å². The molecule has 138 valence electrons. The molecule has 3 aliphatic rings. The average Bonchev–Trinajstić information content (AvgIpc) is 3.05. The number of hydrogen-bond donors (Lipinski definition) is 2. The Bertz CT molecular complexity index is 744. The van der Waals surface area contributed by atoms with E-state index in [1.165, 1.54) is 12.0 Å². The topological polar surface area (TPSA) is 52.6 Å². The van der Waals surface area contributed by atoms with Crippen LogP contribution in [0.1, 0.15) is 62.6 Å². The molecule has 1 aromatic carbocycles. The van der Waals surface area contributed by atoms with Crippen molar-refractivity contribution in [3.8, 4) is 11.8 Å². The summed E-state index contributed by atoms with van der Waals surface area (Å²) in [6.45, 7) is 3.03. The lowest BCUT2D eigenvalue weighted by atomic mass is 9.81. The Kier molecular flexibility index (Phi) is 4.91. The Hall–Kier alpha value is -1.99. The first-order valence-corrected chi connectivity index (χ1v) is 10.0. The number of anilines is 1. The third-order valence-corrected chi connectivity index (χ3v) is 6.21. The summed E-state index contributed by atoms with van der Waals surface area (Å²) >= 11 is 0. The van der Waals surface area contributed by atoms with E-state index in [0.717, 1.165) is 49.9 Å². The smallest absolute Gasteiger partial charge is 0.226 e. The van der Waals surface area contributed by atoms with E-state index in [9.17, 15) is 9.90 Å². The maximum Gasteiger partial charge on any atom is 0.226 e. The lowest BCUT2D eigenvalue weighted by Crippen LogP contribution is -2.45. The van der Waals surface area contributed by atoms with Crippen molar-refractivity contribution in [2.24, 2.45) is 11.8 Å². The van der Waals surface area contributed by atoms with Crippen LogP contribution in [0.2, 0.25) is 0 Å². The average molecular weight is 352 g/mol. The molecule has 0 spiro atoms. The summed E-state index contributed by atoms with van der Waals surface area (Å²) in [4.78, 5) is 15.1. The normalized spacial score (nSPS) is 26.8. The number of aliphatic hydroxyl groups excluding tert-OH is 1. The molecule has 2 fully saturated rings. The standard InChI is InChI=1S/C22H28N2O2/c1-2-3-4-6-15-9-10-19-18(13-15)21-17(20(14-25)23-19)11-12-24(21)22(26)16-7-5-8-16/h9-10,13,16-17,20-21,23,25H,2-3,5,7-8,11-12,14H2,1H3/t17-,20-,21-/m0/s1. The second-order valence-electron chi connectivity index (χ2n) is 7.84. The van der Waals surface area contributed by atoms with E-state index in [-0.39, 0.29) is 30.5 Å². The molecule has 1 aromatic rings. The van der Waals surface area contributed by atoms with Crippen molar-refractivity contribution in [2.75, 3.05) is 18.5 Å². The second kappa shape index (κ2) is 7.32. The fourth-order valence-corrected chi connectivity index (χ4v) is 4.57. The zero-order valence-corrected chi connectivity index (χ0v) is 15.5. The minimum atomic E-state index is 0.0173. The van der Waals surface area contributed by atoms with Crippen LogP contribution in [0.5, 0.6) is 0 Å². The molecule has 1 saturated carbocycles. The summed E-state index contributed by atoms with van der Waals surface area (Å²) in [5, 5.41) is 13.4. The van der Waals surface area contributed by atoms with Crippen LogP contribution in [0, 0.1) is 23.7 Å². The number of aliphatic hydroxyl groups is 1. The van der Waals surface area contributed by atoms with Crippen LogP contribution in [0.4, 0.5) is 5.69 Å². The van der Waals surface area contributed by atoms with Gasteiger partial charge in [-0.15, -0.1) is 0 Å². The summed E-state index contributed by atoms with van der Waals surface area (Å²) in [5.74, 6) is 7.28. The van der Waals surface area contributed by atoms with Crippen LogP contribution in [0.3, 0.4) is 0 Å². The van der Waals surface area contributed by atoms with Gasteiger partial charge in [0.15, 0.2) is 0 Å². The van der Waals surface area contributed by atoms with Crippen molar-refractivity contribution in [1.82, 2.24) is 4.90 Å². The molecule has 4 rings (SSSR count). The van der Waals surface area contributed by atoms with Gasteiger partial charge in [-0.05, 0) is 49.4 Å². The van der Waals surface area contributed by atoms with Crippen molar-refractivity contribution in [2.45, 2.75) is 57.5 Å². The quantitative estimate of drug-likeness (QED) is 0.821. The Morgan fingerprint density at radius 1 is 1.35 bits per heavy atom. The molecule has 4 heteroatoms. The van der Waals surface area contributed by atoms with E-state index in [2.05, 4.69) is 41.1 Å². The SMILES string of the molecule is CCCC#Cc1ccc2c(c1)[C@@H]1[C@@H](CCN1C(=O)C1CCC1)[C@H](CO)N2. The minimum absolute atomic E-state index is 0.0173. The summed E-state index contributed by atoms with van der Waals surface area (Å²) in [7, 11) is 0. The van der Waals surface area contributed by atoms with Gasteiger partial charge in [0, 0.05) is 36.1 Å². The molecule has 26 heavy (non-hydrogen) atoms. The second-order valence-corrected chi connectivity index (χ2v) is 7.84. The molecule has 0 radical (unpaired) electrons. The zero-order chi connectivity index (χ0) is 18.1. The highest BCUT2D eigenvalue weighted by Gasteiger charge is 2.47. The highest BCUT2D eigenvalue weighted by atomic mass is 16.3. The first kappa shape index (κ1) is 17.4. The number of rotatable bonds is 3. The Balaban J connectivity index is 1.68. The van der Waals surface area contributed by atoms with Gasteiger partial charge in [-0.25, -0.2) is 0 Å². The van der Waals surface area contributed by atoms with E-state index in [4.69, 9.17) is 0 Å². The molecule has 2 N–H and O–H groups in total. The van der Waals surface area contributed by atoms with Crippen molar-refractivity contribution >= 4 is 11.6 Å². The maximum atomic E-state index is 13.0. The third-order valence-electron chi connectivity index (χ3n) is 6.21. The number of hydrogen-bond acceptors (Lipinski definition) is 3. The Morgan fingerprint density at radius 2 is 2.19 bits per heavy atom. The van der Waals surface area contributed by atoms with Crippen LogP contribution in [-0.2, 0) is 4.79 Å². The number of likely N-dealkylation sites (tertiary alicyclic amines) is 1. The van der Waals surface area contributed by atoms with Gasteiger partial charge in [0.05, 0.1) is 18.7 Å². The van der Waals surface area contributed by atoms with Crippen molar-refractivity contribution < 1.29 is 9.90 Å². The number of nitrogens with zero attached hydrogens (tertiary/aromatic N) is 1. The summed E-state index contributed by atoms with van der Waals surface area (Å²) in [5.41, 5.74) is 3.23. The lowest BCUT2D eigenvalue weighted by molar-refractivity contribution is -0.139. The molecule has 0 bridgehead atoms. The number of unbranched alkanes of at least 4 members (excludes halogenated alkanes) is 1. The van der Waals surface area contributed by atoms with Crippen molar-refractivity contribution in [3.63, 3.8) is 0 Å². The predicted octanol–water partition coefficient (Wildman–Crippen LogP) is 3.31. The Morgan fingerprint density at radius 3 is 2.88 bits per heavy atom. The molecule has 0 aromatic heterocycles. The fraction of sp³-hybridized carbons (Fsp3) is 0.591. The van der Waals surface area contributed by atoms with Crippen LogP contribution in [-0.4, -0.2) is 35.1 Å². The predicted molar refractivity (Wildman–Crippen MR) is 103 cm³/mol. The lowest BCUT2D eigenvalue weighted by Gasteiger charge is -2.41. The number of benzene rings is 1. The van der Waals surface area contributed by atoms with E-state index in [1.54, 1.807) is 0 Å². The molecule has 2 aliphatic heterocycles. The molecule has 3 atom stereocenters. The molecule has 1 saturated heterocycles. The first-order chi connectivity index (χ1) is 12.7. The summed E-state index contributed by atoms with van der Waals surface area (Å²) in [6, 6.07) is 6.35. The highest BCUT2D eigenvalue weighted by molar-refractivity contribution is 5.81. The maximum absolute atomic E-state index is 13.0. The van der Waals surface area contributed by atoms with Crippen LogP contribution in [0.25, 0.3) is 0 Å². The Labute approximate surface area is 156 Å². The molecule has 2 heterocycles. The van der Waals surface area contributed by atoms with Crippen LogP contribution < -0.4 is 5.32 Å². The van der Waals surface area contributed by atoms with Gasteiger partial charge in [-0.1, -0.05) is 25.2 Å². The highest BCUT2D eigenvalue weighted by Crippen LogP contribution is 2.47. The van der Waals surface area contributed by atoms with Gasteiger partial charge >= 0.3 is 0 Å². The third kappa shape index (κ3) is 2.99.